The minimum absolute atomic E-state index is 0.0157. The highest BCUT2D eigenvalue weighted by atomic mass is 16.4. The second kappa shape index (κ2) is 12.0. The maximum absolute atomic E-state index is 12.8. The highest BCUT2D eigenvalue weighted by Crippen LogP contribution is 2.31. The Morgan fingerprint density at radius 2 is 1.65 bits per heavy atom. The third-order valence-electron chi connectivity index (χ3n) is 7.12. The van der Waals surface area contributed by atoms with E-state index in [4.69, 9.17) is 20.8 Å². The summed E-state index contributed by atoms with van der Waals surface area (Å²) in [6.07, 6.45) is 2.03. The van der Waals surface area contributed by atoms with Gasteiger partial charge in [0.15, 0.2) is 11.5 Å². The van der Waals surface area contributed by atoms with E-state index in [0.717, 1.165) is 33.6 Å². The lowest BCUT2D eigenvalue weighted by molar-refractivity contribution is -0.136. The number of carbonyl (C=O) groups is 2. The Morgan fingerprint density at radius 3 is 2.42 bits per heavy atom. The zero-order valence-electron chi connectivity index (χ0n) is 23.1. The fourth-order valence-electron chi connectivity index (χ4n) is 4.93. The van der Waals surface area contributed by atoms with E-state index < -0.39 is 5.97 Å². The van der Waals surface area contributed by atoms with Crippen LogP contribution in [0.2, 0.25) is 0 Å². The van der Waals surface area contributed by atoms with Crippen molar-refractivity contribution in [3.8, 4) is 28.3 Å². The molecular weight excluding hydrogens is 540 g/mol. The molecule has 9 nitrogen and oxygen atoms in total. The number of benzene rings is 3. The summed E-state index contributed by atoms with van der Waals surface area (Å²) >= 11 is 0. The molecule has 0 spiro atoms. The largest absolute Gasteiger partial charge is 0.481 e. The topological polar surface area (TPSA) is 136 Å². The minimum Gasteiger partial charge on any atom is -0.481 e. The van der Waals surface area contributed by atoms with Gasteiger partial charge in [0.2, 0.25) is 0 Å². The molecule has 3 aromatic carbocycles. The van der Waals surface area contributed by atoms with Crippen LogP contribution in [0.5, 0.6) is 0 Å². The third kappa shape index (κ3) is 5.96. The zero-order chi connectivity index (χ0) is 29.8. The number of pyridine rings is 2. The highest BCUT2D eigenvalue weighted by Gasteiger charge is 2.19. The second-order valence-electron chi connectivity index (χ2n) is 10.1. The van der Waals surface area contributed by atoms with Gasteiger partial charge in [-0.15, -0.1) is 0 Å². The lowest BCUT2D eigenvalue weighted by atomic mass is 10.1. The Balaban J connectivity index is 1.29. The molecule has 9 heteroatoms. The number of aromatic nitrogens is 4. The molecule has 0 aliphatic carbocycles. The molecular formula is C34H28N6O3. The number of nitrogens with one attached hydrogen (secondary N) is 1. The predicted molar refractivity (Wildman–Crippen MR) is 166 cm³/mol. The molecule has 43 heavy (non-hydrogen) atoms. The van der Waals surface area contributed by atoms with Crippen LogP contribution in [0.25, 0.3) is 39.5 Å². The average Bonchev–Trinajstić information content (AvgIpc) is 3.42. The molecule has 0 aliphatic rings. The van der Waals surface area contributed by atoms with Crippen molar-refractivity contribution in [1.29, 1.82) is 0 Å². The first-order valence-corrected chi connectivity index (χ1v) is 13.8. The monoisotopic (exact) mass is 568 g/mol. The quantitative estimate of drug-likeness (QED) is 0.204. The Morgan fingerprint density at radius 1 is 0.837 bits per heavy atom. The first-order chi connectivity index (χ1) is 21.0. The molecule has 6 aromatic rings. The molecule has 0 bridgehead atoms. The number of hydrogen-bond acceptors (Lipinski definition) is 6. The number of nitrogen functional groups attached to an aromatic ring is 1. The summed E-state index contributed by atoms with van der Waals surface area (Å²) in [6, 6.07) is 32.4. The summed E-state index contributed by atoms with van der Waals surface area (Å²) in [4.78, 5) is 37.9. The average molecular weight is 569 g/mol. The van der Waals surface area contributed by atoms with Gasteiger partial charge in [0.1, 0.15) is 11.3 Å². The van der Waals surface area contributed by atoms with Crippen molar-refractivity contribution < 1.29 is 14.7 Å². The molecule has 0 aliphatic heterocycles. The standard InChI is InChI=1S/C34H28N6O3/c35-31-27(10-5-19-36-31)32-39-29-17-16-28(24-7-2-1-3-8-24)38-33(29)40(32)26-14-11-23(12-15-26)21-37-34(43)25-9-4-6-22(20-25)13-18-30(41)42/h1-12,14-17,19-20H,13,18,21H2,(H2,35,36)(H,37,43)(H,41,42). The number of aryl methyl sites for hydroxylation is 1. The first-order valence-electron chi connectivity index (χ1n) is 13.8. The lowest BCUT2D eigenvalue weighted by Gasteiger charge is -2.12. The SMILES string of the molecule is Nc1ncccc1-c1nc2ccc(-c3ccccc3)nc2n1-c1ccc(CNC(=O)c2cccc(CCC(=O)O)c2)cc1. The summed E-state index contributed by atoms with van der Waals surface area (Å²) in [5.41, 5.74) is 13.2. The van der Waals surface area contributed by atoms with Crippen LogP contribution >= 0.6 is 0 Å². The van der Waals surface area contributed by atoms with Crippen LogP contribution in [0, 0.1) is 0 Å². The van der Waals surface area contributed by atoms with Crippen molar-refractivity contribution in [2.45, 2.75) is 19.4 Å². The molecule has 212 valence electrons. The predicted octanol–water partition coefficient (Wildman–Crippen LogP) is 5.68. The first kappa shape index (κ1) is 27.3. The van der Waals surface area contributed by atoms with Crippen LogP contribution in [0.1, 0.15) is 27.9 Å². The van der Waals surface area contributed by atoms with Gasteiger partial charge >= 0.3 is 5.97 Å². The Bertz CT molecular complexity index is 1930. The molecule has 0 saturated heterocycles. The molecule has 3 heterocycles. The van der Waals surface area contributed by atoms with Crippen LogP contribution in [0.4, 0.5) is 5.82 Å². The second-order valence-corrected chi connectivity index (χ2v) is 10.1. The number of fused-ring (bicyclic) bond motifs is 1. The van der Waals surface area contributed by atoms with Gasteiger partial charge in [0, 0.05) is 36.0 Å². The summed E-state index contributed by atoms with van der Waals surface area (Å²) in [5.74, 6) is -0.102. The number of carboxylic acid groups (broad SMARTS) is 1. The summed E-state index contributed by atoms with van der Waals surface area (Å²) in [5, 5.41) is 11.9. The number of carboxylic acids is 1. The van der Waals surface area contributed by atoms with Crippen LogP contribution in [0.15, 0.2) is 109 Å². The number of hydrogen-bond donors (Lipinski definition) is 3. The van der Waals surface area contributed by atoms with Crippen LogP contribution in [0.3, 0.4) is 0 Å². The normalized spacial score (nSPS) is 11.0. The van der Waals surface area contributed by atoms with Crippen LogP contribution in [-0.4, -0.2) is 36.5 Å². The van der Waals surface area contributed by atoms with E-state index in [2.05, 4.69) is 10.3 Å². The molecule has 0 fully saturated rings. The van der Waals surface area contributed by atoms with Gasteiger partial charge in [0.25, 0.3) is 5.91 Å². The molecule has 3 aromatic heterocycles. The van der Waals surface area contributed by atoms with Gasteiger partial charge in [-0.25, -0.2) is 15.0 Å². The van der Waals surface area contributed by atoms with Gasteiger partial charge in [-0.05, 0) is 66.1 Å². The van der Waals surface area contributed by atoms with E-state index in [1.165, 1.54) is 0 Å². The fraction of sp³-hybridized carbons (Fsp3) is 0.0882. The number of rotatable bonds is 9. The Labute approximate surface area is 247 Å². The summed E-state index contributed by atoms with van der Waals surface area (Å²) in [6.45, 7) is 0.321. The van der Waals surface area contributed by atoms with Crippen LogP contribution in [-0.2, 0) is 17.8 Å². The minimum atomic E-state index is -0.870. The number of amides is 1. The van der Waals surface area contributed by atoms with Gasteiger partial charge in [0.05, 0.1) is 11.3 Å². The molecule has 0 atom stereocenters. The fourth-order valence-corrected chi connectivity index (χ4v) is 4.93. The van der Waals surface area contributed by atoms with Crippen molar-refractivity contribution in [1.82, 2.24) is 24.8 Å². The number of nitrogens with zero attached hydrogens (tertiary/aromatic N) is 4. The number of anilines is 1. The zero-order valence-corrected chi connectivity index (χ0v) is 23.1. The highest BCUT2D eigenvalue weighted by molar-refractivity contribution is 5.94. The molecule has 0 saturated carbocycles. The van der Waals surface area contributed by atoms with Crippen LogP contribution < -0.4 is 11.1 Å². The number of nitrogens with two attached hydrogens (primary N) is 1. The van der Waals surface area contributed by atoms with E-state index in [1.807, 2.05) is 89.5 Å². The van der Waals surface area contributed by atoms with Crippen molar-refractivity contribution in [3.63, 3.8) is 0 Å². The molecule has 0 radical (unpaired) electrons. The summed E-state index contributed by atoms with van der Waals surface area (Å²) in [7, 11) is 0. The van der Waals surface area contributed by atoms with Crippen molar-refractivity contribution in [3.05, 3.63) is 126 Å². The molecule has 6 rings (SSSR count). The maximum Gasteiger partial charge on any atom is 0.303 e. The van der Waals surface area contributed by atoms with E-state index in [9.17, 15) is 9.59 Å². The number of aliphatic carboxylic acids is 1. The van der Waals surface area contributed by atoms with E-state index in [0.29, 0.717) is 41.4 Å². The van der Waals surface area contributed by atoms with Gasteiger partial charge in [-0.2, -0.15) is 0 Å². The number of carbonyl (C=O) groups excluding carboxylic acids is 1. The third-order valence-corrected chi connectivity index (χ3v) is 7.12. The van der Waals surface area contributed by atoms with Crippen molar-refractivity contribution in [2.24, 2.45) is 0 Å². The van der Waals surface area contributed by atoms with Gasteiger partial charge in [-0.1, -0.05) is 54.6 Å². The van der Waals surface area contributed by atoms with Gasteiger partial charge < -0.3 is 16.2 Å². The Kier molecular flexibility index (Phi) is 7.60. The van der Waals surface area contributed by atoms with Gasteiger partial charge in [-0.3, -0.25) is 14.2 Å². The van der Waals surface area contributed by atoms with E-state index >= 15 is 0 Å². The van der Waals surface area contributed by atoms with E-state index in [-0.39, 0.29) is 12.3 Å². The molecule has 0 unspecified atom stereocenters. The summed E-state index contributed by atoms with van der Waals surface area (Å²) < 4.78 is 1.97. The molecule has 1 amide bonds. The Hall–Kier alpha value is -5.83. The van der Waals surface area contributed by atoms with Crippen molar-refractivity contribution in [2.75, 3.05) is 5.73 Å². The smallest absolute Gasteiger partial charge is 0.303 e. The number of imidazole rings is 1. The maximum atomic E-state index is 12.8. The lowest BCUT2D eigenvalue weighted by Crippen LogP contribution is -2.22. The van der Waals surface area contributed by atoms with E-state index in [1.54, 1.807) is 24.4 Å². The van der Waals surface area contributed by atoms with Crippen molar-refractivity contribution >= 4 is 28.9 Å². The molecule has 4 N–H and O–H groups in total.